The number of hydrogen-bond acceptors (Lipinski definition) is 8. The molecule has 4 aromatic carbocycles. The van der Waals surface area contributed by atoms with Crippen LogP contribution in [0.5, 0.6) is 5.75 Å². The molecule has 0 spiro atoms. The van der Waals surface area contributed by atoms with Crippen molar-refractivity contribution >= 4 is 46.4 Å². The molecule has 0 aromatic heterocycles. The molecular formula is C43H44N4O7. The van der Waals surface area contributed by atoms with Gasteiger partial charge in [-0.3, -0.25) is 34.2 Å². The molecule has 2 N–H and O–H groups in total. The number of carbonyl (C=O) groups is 5. The third-order valence-corrected chi connectivity index (χ3v) is 9.58. The Balaban J connectivity index is 0.920. The molecule has 0 radical (unpaired) electrons. The number of ether oxygens (including phenoxy) is 2. The summed E-state index contributed by atoms with van der Waals surface area (Å²) in [6, 6.07) is 32.8. The number of rotatable bonds is 16. The van der Waals surface area contributed by atoms with E-state index in [-0.39, 0.29) is 42.9 Å². The van der Waals surface area contributed by atoms with Crippen LogP contribution in [0.15, 0.2) is 103 Å². The maximum Gasteiger partial charge on any atom is 0.262 e. The first-order valence-electron chi connectivity index (χ1n) is 18.2. The molecule has 1 saturated heterocycles. The average molecular weight is 729 g/mol. The van der Waals surface area contributed by atoms with Gasteiger partial charge in [-0.05, 0) is 71.0 Å². The Morgan fingerprint density at radius 2 is 1.48 bits per heavy atom. The molecule has 11 heteroatoms. The molecule has 54 heavy (non-hydrogen) atoms. The second-order valence-corrected chi connectivity index (χ2v) is 13.1. The molecule has 1 unspecified atom stereocenters. The highest BCUT2D eigenvalue weighted by atomic mass is 16.5. The highest BCUT2D eigenvalue weighted by Gasteiger charge is 2.44. The number of nitrogens with one attached hydrogen (secondary N) is 2. The van der Waals surface area contributed by atoms with Gasteiger partial charge in [0.1, 0.15) is 18.4 Å². The highest BCUT2D eigenvalue weighted by Crippen LogP contribution is 2.35. The van der Waals surface area contributed by atoms with Gasteiger partial charge in [0, 0.05) is 25.7 Å². The van der Waals surface area contributed by atoms with Crippen LogP contribution in [-0.4, -0.2) is 85.3 Å². The maximum absolute atomic E-state index is 13.1. The number of fused-ring (bicyclic) bond motifs is 1. The van der Waals surface area contributed by atoms with Crippen LogP contribution in [0.2, 0.25) is 0 Å². The summed E-state index contributed by atoms with van der Waals surface area (Å²) in [6.45, 7) is 3.91. The van der Waals surface area contributed by atoms with E-state index in [1.54, 1.807) is 30.1 Å². The van der Waals surface area contributed by atoms with Gasteiger partial charge in [0.25, 0.3) is 11.8 Å². The number of piperidine rings is 1. The van der Waals surface area contributed by atoms with E-state index in [4.69, 9.17) is 9.47 Å². The van der Waals surface area contributed by atoms with Gasteiger partial charge in [0.15, 0.2) is 0 Å². The summed E-state index contributed by atoms with van der Waals surface area (Å²) in [5.74, 6) is -1.51. The van der Waals surface area contributed by atoms with Gasteiger partial charge in [-0.25, -0.2) is 0 Å². The van der Waals surface area contributed by atoms with Crippen LogP contribution >= 0.6 is 0 Å². The molecule has 1 atom stereocenters. The Morgan fingerprint density at radius 1 is 0.815 bits per heavy atom. The number of amides is 5. The Hall–Kier alpha value is -6.07. The monoisotopic (exact) mass is 728 g/mol. The van der Waals surface area contributed by atoms with Crippen molar-refractivity contribution in [1.29, 1.82) is 0 Å². The number of imide groups is 2. The van der Waals surface area contributed by atoms with E-state index in [2.05, 4.69) is 78.2 Å². The molecule has 4 aromatic rings. The topological polar surface area (TPSA) is 134 Å². The summed E-state index contributed by atoms with van der Waals surface area (Å²) in [4.78, 5) is 65.0. The fraction of sp³-hybridized carbons (Fsp3) is 0.279. The standard InChI is InChI=1S/C43H44N4O7/c1-3-34(29-10-6-4-7-11-29)40(30-12-8-5-9-13-30)31-14-17-33(18-15-31)54-27-24-46(2)39(49)22-25-53-26-23-44-32-16-19-35-36(28-32)43(52)47(42(35)51)37-20-21-38(48)45-41(37)50/h4-19,28,37,44H,3,20-27H2,1-2H3,(H,45,48,50)/b40-34-. The van der Waals surface area contributed by atoms with Crippen molar-refractivity contribution in [2.24, 2.45) is 0 Å². The molecule has 2 heterocycles. The van der Waals surface area contributed by atoms with Crippen LogP contribution in [0.25, 0.3) is 11.1 Å². The zero-order valence-electron chi connectivity index (χ0n) is 30.5. The normalized spacial score (nSPS) is 15.7. The van der Waals surface area contributed by atoms with Gasteiger partial charge in [0.05, 0.1) is 37.3 Å². The quantitative estimate of drug-likeness (QED) is 0.0839. The number of allylic oxidation sites excluding steroid dienone is 1. The smallest absolute Gasteiger partial charge is 0.262 e. The minimum atomic E-state index is -1.01. The van der Waals surface area contributed by atoms with Crippen molar-refractivity contribution in [2.75, 3.05) is 45.3 Å². The van der Waals surface area contributed by atoms with E-state index >= 15 is 0 Å². The fourth-order valence-electron chi connectivity index (χ4n) is 6.73. The molecule has 2 aliphatic heterocycles. The van der Waals surface area contributed by atoms with E-state index in [9.17, 15) is 24.0 Å². The molecule has 6 rings (SSSR count). The van der Waals surface area contributed by atoms with Crippen LogP contribution in [0.4, 0.5) is 5.69 Å². The molecular weight excluding hydrogens is 684 g/mol. The first-order chi connectivity index (χ1) is 26.2. The summed E-state index contributed by atoms with van der Waals surface area (Å²) < 4.78 is 11.7. The molecule has 0 saturated carbocycles. The SMILES string of the molecule is CC/C(=C(\c1ccccc1)c1ccc(OCCN(C)C(=O)CCOCCNc2ccc3c(c2)C(=O)N(C2CCC(=O)NC2=O)C3=O)cc1)c1ccccc1. The zero-order valence-corrected chi connectivity index (χ0v) is 30.5. The molecule has 2 aliphatic rings. The second kappa shape index (κ2) is 17.6. The largest absolute Gasteiger partial charge is 0.492 e. The summed E-state index contributed by atoms with van der Waals surface area (Å²) in [5.41, 5.74) is 6.95. The fourth-order valence-corrected chi connectivity index (χ4v) is 6.73. The van der Waals surface area contributed by atoms with Crippen LogP contribution < -0.4 is 15.4 Å². The van der Waals surface area contributed by atoms with Crippen molar-refractivity contribution in [3.05, 3.63) is 131 Å². The highest BCUT2D eigenvalue weighted by molar-refractivity contribution is 6.23. The first-order valence-corrected chi connectivity index (χ1v) is 18.2. The molecule has 5 amide bonds. The Morgan fingerprint density at radius 3 is 2.17 bits per heavy atom. The van der Waals surface area contributed by atoms with Crippen molar-refractivity contribution in [3.63, 3.8) is 0 Å². The van der Waals surface area contributed by atoms with Crippen LogP contribution in [0, 0.1) is 0 Å². The van der Waals surface area contributed by atoms with Crippen molar-refractivity contribution < 1.29 is 33.4 Å². The predicted octanol–water partition coefficient (Wildman–Crippen LogP) is 5.81. The lowest BCUT2D eigenvalue weighted by Crippen LogP contribution is -2.54. The van der Waals surface area contributed by atoms with Gasteiger partial charge in [-0.1, -0.05) is 79.7 Å². The minimum Gasteiger partial charge on any atom is -0.492 e. The lowest BCUT2D eigenvalue weighted by atomic mass is 9.88. The van der Waals surface area contributed by atoms with Crippen molar-refractivity contribution in [3.8, 4) is 5.75 Å². The average Bonchev–Trinajstić information content (AvgIpc) is 3.43. The van der Waals surface area contributed by atoms with Gasteiger partial charge < -0.3 is 19.7 Å². The van der Waals surface area contributed by atoms with E-state index in [1.165, 1.54) is 16.7 Å². The molecule has 11 nitrogen and oxygen atoms in total. The summed E-state index contributed by atoms with van der Waals surface area (Å²) in [7, 11) is 1.74. The minimum absolute atomic E-state index is 0.0603. The Labute approximate surface area is 314 Å². The maximum atomic E-state index is 13.1. The number of benzene rings is 4. The summed E-state index contributed by atoms with van der Waals surface area (Å²) in [6.07, 6.45) is 1.26. The van der Waals surface area contributed by atoms with Crippen LogP contribution in [-0.2, 0) is 19.1 Å². The third kappa shape index (κ3) is 8.75. The van der Waals surface area contributed by atoms with Crippen molar-refractivity contribution in [1.82, 2.24) is 15.1 Å². The van der Waals surface area contributed by atoms with Gasteiger partial charge >= 0.3 is 0 Å². The lowest BCUT2D eigenvalue weighted by Gasteiger charge is -2.27. The molecule has 0 aliphatic carbocycles. The third-order valence-electron chi connectivity index (χ3n) is 9.58. The van der Waals surface area contributed by atoms with Crippen molar-refractivity contribution in [2.45, 2.75) is 38.6 Å². The van der Waals surface area contributed by atoms with Crippen LogP contribution in [0.1, 0.15) is 70.0 Å². The number of likely N-dealkylation sites (N-methyl/N-ethyl adjacent to an activating group) is 1. The molecule has 1 fully saturated rings. The lowest BCUT2D eigenvalue weighted by molar-refractivity contribution is -0.136. The van der Waals surface area contributed by atoms with Gasteiger partial charge in [-0.2, -0.15) is 0 Å². The number of anilines is 1. The predicted molar refractivity (Wildman–Crippen MR) is 206 cm³/mol. The van der Waals surface area contributed by atoms with E-state index < -0.39 is 29.7 Å². The second-order valence-electron chi connectivity index (χ2n) is 13.1. The van der Waals surface area contributed by atoms with Crippen LogP contribution in [0.3, 0.4) is 0 Å². The number of carbonyl (C=O) groups excluding carboxylic acids is 5. The van der Waals surface area contributed by atoms with Gasteiger partial charge in [0.2, 0.25) is 17.7 Å². The van der Waals surface area contributed by atoms with Gasteiger partial charge in [-0.15, -0.1) is 0 Å². The first kappa shape index (κ1) is 37.7. The summed E-state index contributed by atoms with van der Waals surface area (Å²) in [5, 5.41) is 5.35. The number of hydrogen-bond donors (Lipinski definition) is 2. The van der Waals surface area contributed by atoms with E-state index in [1.807, 2.05) is 24.3 Å². The molecule has 278 valence electrons. The Kier molecular flexibility index (Phi) is 12.3. The molecule has 0 bridgehead atoms. The Bertz CT molecular complexity index is 2030. The number of nitrogens with zero attached hydrogens (tertiary/aromatic N) is 2. The zero-order chi connectivity index (χ0) is 38.0. The van der Waals surface area contributed by atoms with E-state index in [0.29, 0.717) is 32.0 Å². The van der Waals surface area contributed by atoms with E-state index in [0.717, 1.165) is 28.2 Å². The summed E-state index contributed by atoms with van der Waals surface area (Å²) >= 11 is 0.